The predicted molar refractivity (Wildman–Crippen MR) is 104 cm³/mol. The number of esters is 2. The zero-order valence-electron chi connectivity index (χ0n) is 17.2. The van der Waals surface area contributed by atoms with Gasteiger partial charge >= 0.3 is 17.9 Å². The molecule has 0 amide bonds. The molecule has 154 valence electrons. The Kier molecular flexibility index (Phi) is 12.1. The number of rotatable bonds is 13. The molecule has 0 aliphatic carbocycles. The minimum absolute atomic E-state index is 0.0894. The molecule has 0 aliphatic heterocycles. The van der Waals surface area contributed by atoms with Crippen LogP contribution in [0.5, 0.6) is 0 Å². The van der Waals surface area contributed by atoms with E-state index >= 15 is 0 Å². The van der Waals surface area contributed by atoms with Gasteiger partial charge in [0.2, 0.25) is 0 Å². The maximum Gasteiger partial charge on any atom is 0.330 e. The molecule has 0 saturated heterocycles. The molecule has 27 heavy (non-hydrogen) atoms. The third-order valence-electron chi connectivity index (χ3n) is 4.17. The highest BCUT2D eigenvalue weighted by atomic mass is 16.6. The van der Waals surface area contributed by atoms with Crippen molar-refractivity contribution < 1.29 is 29.0 Å². The number of carbonyl (C=O) groups is 3. The molecule has 3 unspecified atom stereocenters. The molecule has 0 aromatic carbocycles. The number of carbonyl (C=O) groups excluding carboxylic acids is 2. The number of allylic oxidation sites excluding steroid dienone is 1. The smallest absolute Gasteiger partial charge is 0.330 e. The van der Waals surface area contributed by atoms with E-state index in [1.165, 1.54) is 0 Å². The summed E-state index contributed by atoms with van der Waals surface area (Å²) in [5, 5.41) is 9.45. The highest BCUT2D eigenvalue weighted by Crippen LogP contribution is 2.24. The van der Waals surface area contributed by atoms with E-state index in [1.807, 2.05) is 6.08 Å². The van der Waals surface area contributed by atoms with Crippen molar-refractivity contribution in [2.24, 2.45) is 23.7 Å². The molecule has 0 aromatic heterocycles. The Morgan fingerprint density at radius 3 is 2.15 bits per heavy atom. The summed E-state index contributed by atoms with van der Waals surface area (Å²) in [5.41, 5.74) is 0.654. The summed E-state index contributed by atoms with van der Waals surface area (Å²) < 4.78 is 9.64. The highest BCUT2D eigenvalue weighted by molar-refractivity contribution is 5.81. The average molecular weight is 382 g/mol. The number of aliphatic carboxylic acids is 1. The van der Waals surface area contributed by atoms with Gasteiger partial charge in [0.05, 0.1) is 12.3 Å². The molecule has 0 aliphatic rings. The molecule has 0 bridgehead atoms. The first kappa shape index (κ1) is 24.9. The molecule has 0 fully saturated rings. The maximum atomic E-state index is 11.9. The second-order valence-electron chi connectivity index (χ2n) is 7.55. The van der Waals surface area contributed by atoms with Crippen LogP contribution in [0, 0.1) is 23.7 Å². The van der Waals surface area contributed by atoms with E-state index in [4.69, 9.17) is 9.47 Å². The molecule has 0 saturated carbocycles. The fraction of sp³-hybridized carbons (Fsp3) is 0.667. The molecule has 6 heteroatoms. The standard InChI is InChI=1S/C21H34O6/c1-7-19(22)26-8-9-27-20(23)13-18(21(24)25)17(6)12-16(5)11-15(4)10-14(2)3/h7,12,14-16,18H,1,8-11,13H2,2-6H3,(H,24,25). The third kappa shape index (κ3) is 12.0. The van der Waals surface area contributed by atoms with Crippen LogP contribution in [0.25, 0.3) is 0 Å². The van der Waals surface area contributed by atoms with Crippen molar-refractivity contribution in [3.05, 3.63) is 24.3 Å². The van der Waals surface area contributed by atoms with Crippen LogP contribution in [-0.4, -0.2) is 36.2 Å². The van der Waals surface area contributed by atoms with Crippen LogP contribution in [-0.2, 0) is 23.9 Å². The summed E-state index contributed by atoms with van der Waals surface area (Å²) in [6.45, 7) is 13.4. The van der Waals surface area contributed by atoms with Gasteiger partial charge < -0.3 is 14.6 Å². The van der Waals surface area contributed by atoms with E-state index in [9.17, 15) is 19.5 Å². The normalized spacial score (nSPS) is 15.0. The Balaban J connectivity index is 4.62. The Morgan fingerprint density at radius 2 is 1.63 bits per heavy atom. The Bertz CT molecular complexity index is 535. The topological polar surface area (TPSA) is 89.9 Å². The summed E-state index contributed by atoms with van der Waals surface area (Å²) in [5.74, 6) is -1.80. The monoisotopic (exact) mass is 382 g/mol. The first-order chi connectivity index (χ1) is 12.6. The Morgan fingerprint density at radius 1 is 1.04 bits per heavy atom. The zero-order valence-corrected chi connectivity index (χ0v) is 17.2. The molecule has 6 nitrogen and oxygen atoms in total. The van der Waals surface area contributed by atoms with Crippen LogP contribution in [0.15, 0.2) is 24.3 Å². The van der Waals surface area contributed by atoms with Crippen LogP contribution < -0.4 is 0 Å². The summed E-state index contributed by atoms with van der Waals surface area (Å²) in [6.07, 6.45) is 4.80. The Labute approximate surface area is 162 Å². The number of carboxylic acid groups (broad SMARTS) is 1. The van der Waals surface area contributed by atoms with Gasteiger partial charge in [-0.2, -0.15) is 0 Å². The minimum atomic E-state index is -1.05. The number of ether oxygens (including phenoxy) is 2. The average Bonchev–Trinajstić information content (AvgIpc) is 2.54. The van der Waals surface area contributed by atoms with Crippen LogP contribution in [0.3, 0.4) is 0 Å². The van der Waals surface area contributed by atoms with Gasteiger partial charge in [0, 0.05) is 6.08 Å². The summed E-state index contributed by atoms with van der Waals surface area (Å²) in [4.78, 5) is 34.3. The van der Waals surface area contributed by atoms with E-state index in [2.05, 4.69) is 34.3 Å². The van der Waals surface area contributed by atoms with Crippen LogP contribution in [0.4, 0.5) is 0 Å². The van der Waals surface area contributed by atoms with Crippen molar-refractivity contribution in [2.75, 3.05) is 13.2 Å². The van der Waals surface area contributed by atoms with Crippen molar-refractivity contribution in [1.82, 2.24) is 0 Å². The maximum absolute atomic E-state index is 11.9. The minimum Gasteiger partial charge on any atom is -0.481 e. The second-order valence-corrected chi connectivity index (χ2v) is 7.55. The van der Waals surface area contributed by atoms with E-state index in [0.717, 1.165) is 18.9 Å². The van der Waals surface area contributed by atoms with Crippen molar-refractivity contribution >= 4 is 17.9 Å². The molecule has 0 radical (unpaired) electrons. The molecule has 1 N–H and O–H groups in total. The first-order valence-electron chi connectivity index (χ1n) is 9.42. The van der Waals surface area contributed by atoms with Crippen molar-refractivity contribution in [3.63, 3.8) is 0 Å². The molecule has 0 aromatic rings. The largest absolute Gasteiger partial charge is 0.481 e. The molecule has 0 spiro atoms. The SMILES string of the molecule is C=CC(=O)OCCOC(=O)CC(C(=O)O)C(C)=CC(C)CC(C)CC(C)C. The zero-order chi connectivity index (χ0) is 21.0. The number of hydrogen-bond acceptors (Lipinski definition) is 5. The molecule has 0 heterocycles. The van der Waals surface area contributed by atoms with Crippen LogP contribution >= 0.6 is 0 Å². The van der Waals surface area contributed by atoms with E-state index in [1.54, 1.807) is 6.92 Å². The van der Waals surface area contributed by atoms with Gasteiger partial charge in [0.1, 0.15) is 13.2 Å². The number of hydrogen-bond donors (Lipinski definition) is 1. The first-order valence-corrected chi connectivity index (χ1v) is 9.42. The van der Waals surface area contributed by atoms with Gasteiger partial charge in [-0.05, 0) is 37.5 Å². The van der Waals surface area contributed by atoms with E-state index in [-0.39, 0.29) is 25.6 Å². The van der Waals surface area contributed by atoms with Gasteiger partial charge in [-0.3, -0.25) is 9.59 Å². The lowest BCUT2D eigenvalue weighted by atomic mass is 9.87. The molecule has 0 rings (SSSR count). The molecular formula is C21H34O6. The number of carboxylic acids is 1. The summed E-state index contributed by atoms with van der Waals surface area (Å²) in [7, 11) is 0. The van der Waals surface area contributed by atoms with Gasteiger partial charge in [-0.15, -0.1) is 0 Å². The molecular weight excluding hydrogens is 348 g/mol. The Hall–Kier alpha value is -2.11. The lowest BCUT2D eigenvalue weighted by molar-refractivity contribution is -0.153. The lowest BCUT2D eigenvalue weighted by Gasteiger charge is -2.19. The third-order valence-corrected chi connectivity index (χ3v) is 4.17. The van der Waals surface area contributed by atoms with Crippen molar-refractivity contribution in [2.45, 2.75) is 53.9 Å². The lowest BCUT2D eigenvalue weighted by Crippen LogP contribution is -2.22. The van der Waals surface area contributed by atoms with Crippen LogP contribution in [0.1, 0.15) is 53.9 Å². The highest BCUT2D eigenvalue weighted by Gasteiger charge is 2.24. The van der Waals surface area contributed by atoms with Crippen molar-refractivity contribution in [3.8, 4) is 0 Å². The fourth-order valence-electron chi connectivity index (χ4n) is 3.19. The fourth-order valence-corrected chi connectivity index (χ4v) is 3.19. The predicted octanol–water partition coefficient (Wildman–Crippen LogP) is 4.00. The quantitative estimate of drug-likeness (QED) is 0.224. The van der Waals surface area contributed by atoms with E-state index < -0.39 is 23.8 Å². The molecule has 3 atom stereocenters. The van der Waals surface area contributed by atoms with E-state index in [0.29, 0.717) is 17.4 Å². The van der Waals surface area contributed by atoms with Gasteiger partial charge in [0.15, 0.2) is 0 Å². The second kappa shape index (κ2) is 13.1. The van der Waals surface area contributed by atoms with Gasteiger partial charge in [-0.25, -0.2) is 4.79 Å². The van der Waals surface area contributed by atoms with Crippen molar-refractivity contribution in [1.29, 1.82) is 0 Å². The van der Waals surface area contributed by atoms with Gasteiger partial charge in [-0.1, -0.05) is 45.9 Å². The van der Waals surface area contributed by atoms with Crippen LogP contribution in [0.2, 0.25) is 0 Å². The van der Waals surface area contributed by atoms with Gasteiger partial charge in [0.25, 0.3) is 0 Å². The summed E-state index contributed by atoms with van der Waals surface area (Å²) >= 11 is 0. The summed E-state index contributed by atoms with van der Waals surface area (Å²) in [6, 6.07) is 0.